The highest BCUT2D eigenvalue weighted by atomic mass is 16.5. The van der Waals surface area contributed by atoms with Gasteiger partial charge in [0.25, 0.3) is 0 Å². The van der Waals surface area contributed by atoms with Gasteiger partial charge in [-0.15, -0.1) is 0 Å². The maximum Gasteiger partial charge on any atom is 0.232 e. The van der Waals surface area contributed by atoms with Crippen molar-refractivity contribution in [3.05, 3.63) is 90.0 Å². The Morgan fingerprint density at radius 3 is 2.36 bits per heavy atom. The smallest absolute Gasteiger partial charge is 0.232 e. The van der Waals surface area contributed by atoms with Gasteiger partial charge in [-0.3, -0.25) is 4.79 Å². The molecule has 4 heteroatoms. The molecule has 1 atom stereocenters. The van der Waals surface area contributed by atoms with Gasteiger partial charge >= 0.3 is 0 Å². The predicted octanol–water partition coefficient (Wildman–Crippen LogP) is 5.40. The van der Waals surface area contributed by atoms with Gasteiger partial charge < -0.3 is 15.4 Å². The van der Waals surface area contributed by atoms with E-state index in [0.717, 1.165) is 28.3 Å². The van der Waals surface area contributed by atoms with E-state index < -0.39 is 5.41 Å². The fourth-order valence-corrected chi connectivity index (χ4v) is 3.48. The van der Waals surface area contributed by atoms with Crippen LogP contribution in [-0.4, -0.2) is 5.91 Å². The summed E-state index contributed by atoms with van der Waals surface area (Å²) in [4.78, 5) is 12.6. The van der Waals surface area contributed by atoms with Gasteiger partial charge in [-0.25, -0.2) is 0 Å². The Kier molecular flexibility index (Phi) is 4.78. The average molecular weight is 372 g/mol. The molecule has 4 nitrogen and oxygen atoms in total. The lowest BCUT2D eigenvalue weighted by molar-refractivity contribution is -0.125. The zero-order valence-corrected chi connectivity index (χ0v) is 16.1. The molecule has 0 saturated heterocycles. The van der Waals surface area contributed by atoms with Gasteiger partial charge in [0, 0.05) is 11.4 Å². The van der Waals surface area contributed by atoms with Crippen LogP contribution in [0.15, 0.2) is 78.9 Å². The van der Waals surface area contributed by atoms with Crippen LogP contribution in [0.25, 0.3) is 0 Å². The lowest BCUT2D eigenvalue weighted by Gasteiger charge is -2.39. The molecule has 0 fully saturated rings. The second kappa shape index (κ2) is 7.39. The van der Waals surface area contributed by atoms with E-state index in [1.54, 1.807) is 0 Å². The molecule has 0 radical (unpaired) electrons. The number of amides is 1. The molecule has 1 aliphatic rings. The number of anilines is 2. The van der Waals surface area contributed by atoms with E-state index in [1.807, 2.05) is 86.6 Å². The largest absolute Gasteiger partial charge is 0.489 e. The van der Waals surface area contributed by atoms with Crippen LogP contribution in [0.2, 0.25) is 0 Å². The number of ether oxygens (including phenoxy) is 1. The van der Waals surface area contributed by atoms with E-state index in [9.17, 15) is 4.79 Å². The molecule has 0 spiro atoms. The second-order valence-electron chi connectivity index (χ2n) is 7.64. The van der Waals surface area contributed by atoms with Crippen molar-refractivity contribution in [2.75, 3.05) is 10.6 Å². The Labute approximate surface area is 165 Å². The van der Waals surface area contributed by atoms with Crippen LogP contribution >= 0.6 is 0 Å². The standard InChI is InChI=1S/C24H24N2O2/c1-24(2)22(20-10-6-7-11-21(20)26-23(24)27)25-18-12-14-19(15-13-18)28-16-17-8-4-3-5-9-17/h3-15,22,25H,16H2,1-2H3,(H,26,27). The molecular weight excluding hydrogens is 348 g/mol. The second-order valence-corrected chi connectivity index (χ2v) is 7.64. The van der Waals surface area contributed by atoms with Gasteiger partial charge in [0.05, 0.1) is 11.5 Å². The summed E-state index contributed by atoms with van der Waals surface area (Å²) >= 11 is 0. The summed E-state index contributed by atoms with van der Waals surface area (Å²) in [5, 5.41) is 6.55. The SMILES string of the molecule is CC1(C)C(=O)Nc2ccccc2C1Nc1ccc(OCc2ccccc2)cc1. The van der Waals surface area contributed by atoms with E-state index in [1.165, 1.54) is 0 Å². The minimum absolute atomic E-state index is 0.0199. The quantitative estimate of drug-likeness (QED) is 0.631. The summed E-state index contributed by atoms with van der Waals surface area (Å²) in [6.45, 7) is 4.47. The monoisotopic (exact) mass is 372 g/mol. The Bertz CT molecular complexity index is 965. The summed E-state index contributed by atoms with van der Waals surface area (Å²) in [5.74, 6) is 0.835. The zero-order chi connectivity index (χ0) is 19.6. The van der Waals surface area contributed by atoms with Gasteiger partial charge in [-0.05, 0) is 55.3 Å². The number of fused-ring (bicyclic) bond motifs is 1. The number of nitrogens with one attached hydrogen (secondary N) is 2. The summed E-state index contributed by atoms with van der Waals surface area (Å²) in [5.41, 5.74) is 3.48. The maximum absolute atomic E-state index is 12.6. The highest BCUT2D eigenvalue weighted by Gasteiger charge is 2.42. The predicted molar refractivity (Wildman–Crippen MR) is 112 cm³/mol. The number of rotatable bonds is 5. The van der Waals surface area contributed by atoms with Crippen molar-refractivity contribution >= 4 is 17.3 Å². The van der Waals surface area contributed by atoms with Crippen molar-refractivity contribution < 1.29 is 9.53 Å². The van der Waals surface area contributed by atoms with Crippen molar-refractivity contribution in [1.82, 2.24) is 0 Å². The first kappa shape index (κ1) is 18.1. The third kappa shape index (κ3) is 3.58. The minimum atomic E-state index is -0.573. The molecule has 3 aromatic carbocycles. The lowest BCUT2D eigenvalue weighted by Crippen LogP contribution is -2.43. The summed E-state index contributed by atoms with van der Waals surface area (Å²) in [6.07, 6.45) is 0. The lowest BCUT2D eigenvalue weighted by atomic mass is 9.76. The van der Waals surface area contributed by atoms with E-state index in [2.05, 4.69) is 16.7 Å². The van der Waals surface area contributed by atoms with Crippen LogP contribution in [0.5, 0.6) is 5.75 Å². The molecule has 0 bridgehead atoms. The Balaban J connectivity index is 1.50. The van der Waals surface area contributed by atoms with Crippen molar-refractivity contribution in [2.24, 2.45) is 5.41 Å². The molecule has 1 amide bonds. The Morgan fingerprint density at radius 2 is 1.61 bits per heavy atom. The normalized spacial score (nSPS) is 17.4. The number of carbonyl (C=O) groups excluding carboxylic acids is 1. The molecule has 142 valence electrons. The Hall–Kier alpha value is -3.27. The van der Waals surface area contributed by atoms with Crippen molar-refractivity contribution in [1.29, 1.82) is 0 Å². The van der Waals surface area contributed by atoms with Gasteiger partial charge in [0.1, 0.15) is 12.4 Å². The molecule has 0 saturated carbocycles. The van der Waals surface area contributed by atoms with Crippen LogP contribution in [-0.2, 0) is 11.4 Å². The zero-order valence-electron chi connectivity index (χ0n) is 16.1. The molecule has 1 aliphatic heterocycles. The molecule has 0 aromatic heterocycles. The summed E-state index contributed by atoms with van der Waals surface area (Å²) in [7, 11) is 0. The first-order chi connectivity index (χ1) is 13.5. The van der Waals surface area contributed by atoms with E-state index in [4.69, 9.17) is 4.74 Å². The van der Waals surface area contributed by atoms with Gasteiger partial charge in [0.15, 0.2) is 0 Å². The van der Waals surface area contributed by atoms with Crippen molar-refractivity contribution in [3.63, 3.8) is 0 Å². The third-order valence-corrected chi connectivity index (χ3v) is 5.24. The molecule has 3 aromatic rings. The topological polar surface area (TPSA) is 50.4 Å². The van der Waals surface area contributed by atoms with Gasteiger partial charge in [-0.1, -0.05) is 48.5 Å². The molecule has 2 N–H and O–H groups in total. The number of hydrogen-bond donors (Lipinski definition) is 2. The Morgan fingerprint density at radius 1 is 0.929 bits per heavy atom. The number of carbonyl (C=O) groups is 1. The molecule has 1 unspecified atom stereocenters. The van der Waals surface area contributed by atoms with Gasteiger partial charge in [-0.2, -0.15) is 0 Å². The molecule has 28 heavy (non-hydrogen) atoms. The summed E-state index contributed by atoms with van der Waals surface area (Å²) < 4.78 is 5.86. The third-order valence-electron chi connectivity index (χ3n) is 5.24. The van der Waals surface area contributed by atoms with E-state index in [-0.39, 0.29) is 11.9 Å². The van der Waals surface area contributed by atoms with E-state index >= 15 is 0 Å². The van der Waals surface area contributed by atoms with Crippen molar-refractivity contribution in [3.8, 4) is 5.75 Å². The highest BCUT2D eigenvalue weighted by Crippen LogP contribution is 2.44. The first-order valence-corrected chi connectivity index (χ1v) is 9.48. The first-order valence-electron chi connectivity index (χ1n) is 9.48. The molecule has 1 heterocycles. The van der Waals surface area contributed by atoms with Crippen molar-refractivity contribution in [2.45, 2.75) is 26.5 Å². The van der Waals surface area contributed by atoms with Crippen LogP contribution in [0.4, 0.5) is 11.4 Å². The number of benzene rings is 3. The summed E-state index contributed by atoms with van der Waals surface area (Å²) in [6, 6.07) is 25.8. The van der Waals surface area contributed by atoms with Crippen LogP contribution in [0, 0.1) is 5.41 Å². The maximum atomic E-state index is 12.6. The molecule has 4 rings (SSSR count). The van der Waals surface area contributed by atoms with Crippen LogP contribution in [0.1, 0.15) is 31.0 Å². The minimum Gasteiger partial charge on any atom is -0.489 e. The van der Waals surface area contributed by atoms with E-state index in [0.29, 0.717) is 6.61 Å². The fraction of sp³-hybridized carbons (Fsp3) is 0.208. The molecule has 0 aliphatic carbocycles. The van der Waals surface area contributed by atoms with Crippen LogP contribution in [0.3, 0.4) is 0 Å². The average Bonchev–Trinajstić information content (AvgIpc) is 2.72. The van der Waals surface area contributed by atoms with Gasteiger partial charge in [0.2, 0.25) is 5.91 Å². The number of hydrogen-bond acceptors (Lipinski definition) is 3. The molecular formula is C24H24N2O2. The van der Waals surface area contributed by atoms with Crippen LogP contribution < -0.4 is 15.4 Å². The highest BCUT2D eigenvalue weighted by molar-refractivity contribution is 5.99. The fourth-order valence-electron chi connectivity index (χ4n) is 3.48. The number of para-hydroxylation sites is 1.